The summed E-state index contributed by atoms with van der Waals surface area (Å²) in [5.74, 6) is 0.392. The average Bonchev–Trinajstić information content (AvgIpc) is 2.39. The van der Waals surface area contributed by atoms with Gasteiger partial charge in [0, 0.05) is 25.1 Å². The molecule has 1 aromatic carbocycles. The van der Waals surface area contributed by atoms with E-state index in [1.807, 2.05) is 23.7 Å². The minimum absolute atomic E-state index is 0.246. The fourth-order valence-corrected chi connectivity index (χ4v) is 1.61. The third-order valence-electron chi connectivity index (χ3n) is 2.34. The van der Waals surface area contributed by atoms with Crippen LogP contribution in [0.25, 0.3) is 11.3 Å². The fourth-order valence-electron chi connectivity index (χ4n) is 1.36. The molecule has 1 aromatic heterocycles. The van der Waals surface area contributed by atoms with E-state index in [1.165, 1.54) is 24.1 Å². The standard InChI is InChI=1S/C12H12FN3S/c1-16(17-2)12-14-8-7-11(15-12)9-3-5-10(13)6-4-9/h3-8H,1-2H3. The number of nitrogens with zero attached hydrogens (tertiary/aromatic N) is 3. The molecule has 2 rings (SSSR count). The Bertz CT molecular complexity index is 501. The van der Waals surface area contributed by atoms with Crippen molar-refractivity contribution in [2.24, 2.45) is 0 Å². The number of anilines is 1. The van der Waals surface area contributed by atoms with Crippen molar-refractivity contribution in [3.05, 3.63) is 42.3 Å². The Morgan fingerprint density at radius 2 is 1.88 bits per heavy atom. The monoisotopic (exact) mass is 249 g/mol. The van der Waals surface area contributed by atoms with E-state index in [0.717, 1.165) is 11.3 Å². The van der Waals surface area contributed by atoms with Crippen molar-refractivity contribution in [1.29, 1.82) is 0 Å². The van der Waals surface area contributed by atoms with Crippen LogP contribution >= 0.6 is 11.9 Å². The van der Waals surface area contributed by atoms with Gasteiger partial charge in [-0.1, -0.05) is 11.9 Å². The van der Waals surface area contributed by atoms with Crippen LogP contribution in [0, 0.1) is 5.82 Å². The first-order valence-corrected chi connectivity index (χ1v) is 6.25. The highest BCUT2D eigenvalue weighted by Crippen LogP contribution is 2.20. The molecule has 0 bridgehead atoms. The third kappa shape index (κ3) is 2.74. The van der Waals surface area contributed by atoms with Gasteiger partial charge in [0.1, 0.15) is 5.82 Å². The van der Waals surface area contributed by atoms with Crippen LogP contribution in [0.5, 0.6) is 0 Å². The van der Waals surface area contributed by atoms with Crippen LogP contribution in [0.2, 0.25) is 0 Å². The number of hydrogen-bond acceptors (Lipinski definition) is 4. The van der Waals surface area contributed by atoms with Gasteiger partial charge in [-0.25, -0.2) is 14.4 Å². The molecule has 0 N–H and O–H groups in total. The number of halogens is 1. The maximum atomic E-state index is 12.8. The third-order valence-corrected chi connectivity index (χ3v) is 3.05. The summed E-state index contributed by atoms with van der Waals surface area (Å²) in [6.07, 6.45) is 3.65. The lowest BCUT2D eigenvalue weighted by molar-refractivity contribution is 0.628. The lowest BCUT2D eigenvalue weighted by Crippen LogP contribution is -2.09. The van der Waals surface area contributed by atoms with Gasteiger partial charge in [-0.3, -0.25) is 4.31 Å². The summed E-state index contributed by atoms with van der Waals surface area (Å²) >= 11 is 1.53. The minimum atomic E-state index is -0.246. The number of rotatable bonds is 3. The molecule has 3 nitrogen and oxygen atoms in total. The van der Waals surface area contributed by atoms with Crippen LogP contribution in [0.3, 0.4) is 0 Å². The molecule has 0 saturated carbocycles. The zero-order valence-corrected chi connectivity index (χ0v) is 10.4. The Morgan fingerprint density at radius 3 is 2.53 bits per heavy atom. The van der Waals surface area contributed by atoms with Gasteiger partial charge in [0.05, 0.1) is 5.69 Å². The van der Waals surface area contributed by atoms with Crippen molar-refractivity contribution in [3.8, 4) is 11.3 Å². The van der Waals surface area contributed by atoms with Crippen molar-refractivity contribution in [1.82, 2.24) is 9.97 Å². The summed E-state index contributed by atoms with van der Waals surface area (Å²) in [7, 11) is 1.90. The van der Waals surface area contributed by atoms with Crippen molar-refractivity contribution in [2.45, 2.75) is 0 Å². The second-order valence-electron chi connectivity index (χ2n) is 3.43. The van der Waals surface area contributed by atoms with Crippen LogP contribution in [0.1, 0.15) is 0 Å². The molecule has 0 saturated heterocycles. The molecule has 1 heterocycles. The van der Waals surface area contributed by atoms with E-state index in [-0.39, 0.29) is 5.82 Å². The van der Waals surface area contributed by atoms with Crippen molar-refractivity contribution < 1.29 is 4.39 Å². The van der Waals surface area contributed by atoms with Gasteiger partial charge >= 0.3 is 0 Å². The second kappa shape index (κ2) is 5.14. The zero-order chi connectivity index (χ0) is 12.3. The molecule has 0 fully saturated rings. The first-order valence-electron chi connectivity index (χ1n) is 5.07. The molecule has 0 atom stereocenters. The molecule has 0 radical (unpaired) electrons. The fraction of sp³-hybridized carbons (Fsp3) is 0.167. The predicted molar refractivity (Wildman–Crippen MR) is 69.3 cm³/mol. The highest BCUT2D eigenvalue weighted by atomic mass is 32.2. The first kappa shape index (κ1) is 11.9. The van der Waals surface area contributed by atoms with Gasteiger partial charge in [0.25, 0.3) is 0 Å². The second-order valence-corrected chi connectivity index (χ2v) is 4.34. The SMILES string of the molecule is CSN(C)c1nccc(-c2ccc(F)cc2)n1. The lowest BCUT2D eigenvalue weighted by atomic mass is 10.1. The Labute approximate surface area is 104 Å². The normalized spacial score (nSPS) is 10.3. The summed E-state index contributed by atoms with van der Waals surface area (Å²) in [4.78, 5) is 8.59. The molecule has 0 amide bonds. The summed E-state index contributed by atoms with van der Waals surface area (Å²) < 4.78 is 14.7. The van der Waals surface area contributed by atoms with Crippen LogP contribution in [0.4, 0.5) is 10.3 Å². The van der Waals surface area contributed by atoms with Gasteiger partial charge in [0.15, 0.2) is 0 Å². The molecule has 5 heteroatoms. The number of hydrogen-bond donors (Lipinski definition) is 0. The highest BCUT2D eigenvalue weighted by Gasteiger charge is 2.05. The molecule has 0 unspecified atom stereocenters. The Kier molecular flexibility index (Phi) is 3.58. The summed E-state index contributed by atoms with van der Waals surface area (Å²) in [6.45, 7) is 0. The molecule has 0 aliphatic rings. The smallest absolute Gasteiger partial charge is 0.235 e. The van der Waals surface area contributed by atoms with Crippen molar-refractivity contribution in [3.63, 3.8) is 0 Å². The largest absolute Gasteiger partial charge is 0.288 e. The van der Waals surface area contributed by atoms with Gasteiger partial charge in [-0.2, -0.15) is 0 Å². The van der Waals surface area contributed by atoms with Gasteiger partial charge in [-0.15, -0.1) is 0 Å². The van der Waals surface area contributed by atoms with Gasteiger partial charge in [-0.05, 0) is 30.3 Å². The summed E-state index contributed by atoms with van der Waals surface area (Å²) in [5, 5.41) is 0. The van der Waals surface area contributed by atoms with Gasteiger partial charge in [0.2, 0.25) is 5.95 Å². The van der Waals surface area contributed by atoms with Crippen molar-refractivity contribution in [2.75, 3.05) is 17.6 Å². The van der Waals surface area contributed by atoms with Gasteiger partial charge < -0.3 is 0 Å². The van der Waals surface area contributed by atoms with E-state index < -0.39 is 0 Å². The molecule has 0 aliphatic carbocycles. The Hall–Kier alpha value is -1.62. The number of benzene rings is 1. The van der Waals surface area contributed by atoms with E-state index in [4.69, 9.17) is 0 Å². The van der Waals surface area contributed by atoms with E-state index in [2.05, 4.69) is 9.97 Å². The van der Waals surface area contributed by atoms with Crippen LogP contribution in [-0.2, 0) is 0 Å². The topological polar surface area (TPSA) is 29.0 Å². The summed E-state index contributed by atoms with van der Waals surface area (Å²) in [6, 6.07) is 8.08. The molecule has 88 valence electrons. The Morgan fingerprint density at radius 1 is 1.18 bits per heavy atom. The maximum absolute atomic E-state index is 12.8. The minimum Gasteiger partial charge on any atom is -0.288 e. The van der Waals surface area contributed by atoms with Crippen LogP contribution in [0.15, 0.2) is 36.5 Å². The molecule has 2 aromatic rings. The van der Waals surface area contributed by atoms with Crippen LogP contribution in [-0.4, -0.2) is 23.3 Å². The average molecular weight is 249 g/mol. The first-order chi connectivity index (χ1) is 8.20. The maximum Gasteiger partial charge on any atom is 0.235 e. The van der Waals surface area contributed by atoms with Crippen molar-refractivity contribution >= 4 is 17.9 Å². The van der Waals surface area contributed by atoms with E-state index in [1.54, 1.807) is 18.3 Å². The molecule has 17 heavy (non-hydrogen) atoms. The molecule has 0 spiro atoms. The van der Waals surface area contributed by atoms with Crippen LogP contribution < -0.4 is 4.31 Å². The number of aromatic nitrogens is 2. The zero-order valence-electron chi connectivity index (χ0n) is 9.59. The van der Waals surface area contributed by atoms with E-state index in [0.29, 0.717) is 5.95 Å². The predicted octanol–water partition coefficient (Wildman–Crippen LogP) is 3.00. The summed E-state index contributed by atoms with van der Waals surface area (Å²) in [5.41, 5.74) is 1.67. The van der Waals surface area contributed by atoms with E-state index >= 15 is 0 Å². The molecule has 0 aliphatic heterocycles. The quantitative estimate of drug-likeness (QED) is 0.782. The lowest BCUT2D eigenvalue weighted by Gasteiger charge is -2.13. The molecular weight excluding hydrogens is 237 g/mol. The Balaban J connectivity index is 2.36. The highest BCUT2D eigenvalue weighted by molar-refractivity contribution is 7.99. The van der Waals surface area contributed by atoms with E-state index in [9.17, 15) is 4.39 Å². The molecular formula is C12H12FN3S.